The maximum atomic E-state index is 6.10. The third-order valence-corrected chi connectivity index (χ3v) is 4.53. The van der Waals surface area contributed by atoms with Crippen molar-refractivity contribution in [2.45, 2.75) is 38.3 Å². The van der Waals surface area contributed by atoms with Gasteiger partial charge in [0, 0.05) is 25.2 Å². The molecule has 0 aromatic carbocycles. The van der Waals surface area contributed by atoms with Gasteiger partial charge in [-0.1, -0.05) is 6.92 Å². The van der Waals surface area contributed by atoms with Crippen LogP contribution in [0.15, 0.2) is 0 Å². The minimum atomic E-state index is 0.240. The van der Waals surface area contributed by atoms with Crippen molar-refractivity contribution >= 4 is 0 Å². The van der Waals surface area contributed by atoms with Crippen LogP contribution in [0.1, 0.15) is 26.7 Å². The van der Waals surface area contributed by atoms with Crippen molar-refractivity contribution in [3.63, 3.8) is 0 Å². The fraction of sp³-hybridized carbons (Fsp3) is 1.00. The summed E-state index contributed by atoms with van der Waals surface area (Å²) in [5, 5.41) is 0. The zero-order valence-corrected chi connectivity index (χ0v) is 11.3. The average Bonchev–Trinajstić information content (AvgIpc) is 2.39. The number of likely N-dealkylation sites (tertiary alicyclic amines) is 1. The van der Waals surface area contributed by atoms with Gasteiger partial charge in [0.2, 0.25) is 0 Å². The molecule has 2 aliphatic rings. The van der Waals surface area contributed by atoms with E-state index < -0.39 is 0 Å². The number of piperidine rings is 1. The van der Waals surface area contributed by atoms with E-state index in [2.05, 4.69) is 23.6 Å². The number of nitrogens with two attached hydrogens (primary N) is 1. The van der Waals surface area contributed by atoms with E-state index in [1.807, 2.05) is 0 Å². The van der Waals surface area contributed by atoms with Gasteiger partial charge in [-0.15, -0.1) is 0 Å². The molecule has 0 aliphatic carbocycles. The van der Waals surface area contributed by atoms with Crippen LogP contribution < -0.4 is 5.73 Å². The topological polar surface area (TPSA) is 41.7 Å². The van der Waals surface area contributed by atoms with Gasteiger partial charge in [-0.3, -0.25) is 4.90 Å². The lowest BCUT2D eigenvalue weighted by atomic mass is 9.85. The van der Waals surface area contributed by atoms with Crippen LogP contribution in [-0.2, 0) is 4.74 Å². The first-order valence-corrected chi connectivity index (χ1v) is 6.99. The first-order valence-electron chi connectivity index (χ1n) is 6.99. The van der Waals surface area contributed by atoms with Gasteiger partial charge >= 0.3 is 0 Å². The van der Waals surface area contributed by atoms with E-state index in [4.69, 9.17) is 10.5 Å². The summed E-state index contributed by atoms with van der Waals surface area (Å²) in [6.07, 6.45) is 2.78. The molecule has 4 nitrogen and oxygen atoms in total. The molecule has 0 saturated carbocycles. The first kappa shape index (κ1) is 13.3. The van der Waals surface area contributed by atoms with E-state index in [1.165, 1.54) is 32.5 Å². The predicted molar refractivity (Wildman–Crippen MR) is 70.1 cm³/mol. The number of ether oxygens (including phenoxy) is 1. The molecule has 4 heteroatoms. The Labute approximate surface area is 105 Å². The van der Waals surface area contributed by atoms with Crippen LogP contribution in [0.25, 0.3) is 0 Å². The summed E-state index contributed by atoms with van der Waals surface area (Å²) in [5.41, 5.74) is 6.34. The van der Waals surface area contributed by atoms with Crippen molar-refractivity contribution < 1.29 is 4.74 Å². The number of morpholine rings is 1. The highest BCUT2D eigenvalue weighted by atomic mass is 16.5. The van der Waals surface area contributed by atoms with Crippen LogP contribution in [0.5, 0.6) is 0 Å². The molecule has 2 rings (SSSR count). The van der Waals surface area contributed by atoms with Crippen molar-refractivity contribution in [2.24, 2.45) is 5.73 Å². The molecule has 0 bridgehead atoms. The summed E-state index contributed by atoms with van der Waals surface area (Å²) in [6.45, 7) is 11.7. The molecule has 100 valence electrons. The zero-order valence-electron chi connectivity index (χ0n) is 11.3. The molecule has 0 spiro atoms. The summed E-state index contributed by atoms with van der Waals surface area (Å²) < 4.78 is 5.64. The highest BCUT2D eigenvalue weighted by Gasteiger charge is 2.39. The Balaban J connectivity index is 1.99. The van der Waals surface area contributed by atoms with Gasteiger partial charge in [-0.2, -0.15) is 0 Å². The molecule has 0 aromatic heterocycles. The highest BCUT2D eigenvalue weighted by molar-refractivity contribution is 4.97. The maximum absolute atomic E-state index is 6.10. The normalized spacial score (nSPS) is 31.6. The Morgan fingerprint density at radius 2 is 2.00 bits per heavy atom. The second-order valence-electron chi connectivity index (χ2n) is 5.49. The Hall–Kier alpha value is -0.160. The lowest BCUT2D eigenvalue weighted by Gasteiger charge is -2.50. The van der Waals surface area contributed by atoms with Crippen molar-refractivity contribution in [1.29, 1.82) is 0 Å². The average molecular weight is 241 g/mol. The number of hydrogen-bond donors (Lipinski definition) is 1. The lowest BCUT2D eigenvalue weighted by molar-refractivity contribution is -0.0762. The van der Waals surface area contributed by atoms with E-state index >= 15 is 0 Å². The molecule has 1 atom stereocenters. The summed E-state index contributed by atoms with van der Waals surface area (Å²) >= 11 is 0. The Bertz CT molecular complexity index is 239. The molecule has 0 aromatic rings. The van der Waals surface area contributed by atoms with E-state index in [9.17, 15) is 0 Å². The van der Waals surface area contributed by atoms with Gasteiger partial charge < -0.3 is 15.4 Å². The Kier molecular flexibility index (Phi) is 4.42. The smallest absolute Gasteiger partial charge is 0.0674 e. The van der Waals surface area contributed by atoms with E-state index in [1.54, 1.807) is 0 Å². The molecule has 2 heterocycles. The van der Waals surface area contributed by atoms with Crippen LogP contribution in [0.3, 0.4) is 0 Å². The predicted octanol–water partition coefficient (Wildman–Crippen LogP) is 0.520. The van der Waals surface area contributed by atoms with Crippen molar-refractivity contribution in [3.05, 3.63) is 0 Å². The van der Waals surface area contributed by atoms with Crippen molar-refractivity contribution in [1.82, 2.24) is 9.80 Å². The summed E-state index contributed by atoms with van der Waals surface area (Å²) in [4.78, 5) is 5.12. The van der Waals surface area contributed by atoms with Crippen molar-refractivity contribution in [3.8, 4) is 0 Å². The summed E-state index contributed by atoms with van der Waals surface area (Å²) in [5.74, 6) is 0. The van der Waals surface area contributed by atoms with Gasteiger partial charge in [-0.05, 0) is 39.4 Å². The third-order valence-electron chi connectivity index (χ3n) is 4.53. The van der Waals surface area contributed by atoms with Gasteiger partial charge in [0.1, 0.15) is 0 Å². The van der Waals surface area contributed by atoms with Crippen LogP contribution in [0.2, 0.25) is 0 Å². The quantitative estimate of drug-likeness (QED) is 0.782. The van der Waals surface area contributed by atoms with Crippen LogP contribution >= 0.6 is 0 Å². The Morgan fingerprint density at radius 3 is 2.53 bits per heavy atom. The van der Waals surface area contributed by atoms with Gasteiger partial charge in [-0.25, -0.2) is 0 Å². The lowest BCUT2D eigenvalue weighted by Crippen LogP contribution is -2.62. The number of rotatable bonds is 3. The van der Waals surface area contributed by atoms with E-state index in [0.29, 0.717) is 6.10 Å². The zero-order chi connectivity index (χ0) is 12.3. The monoisotopic (exact) mass is 241 g/mol. The van der Waals surface area contributed by atoms with Gasteiger partial charge in [0.25, 0.3) is 0 Å². The number of hydrogen-bond acceptors (Lipinski definition) is 4. The van der Waals surface area contributed by atoms with Crippen LogP contribution in [0, 0.1) is 0 Å². The molecule has 2 aliphatic heterocycles. The molecule has 2 fully saturated rings. The standard InChI is InChI=1S/C13H27N3O/c1-3-15-6-4-13(11-14,5-7-15)16-8-9-17-12(2)10-16/h12H,3-11,14H2,1-2H3. The number of nitrogens with zero attached hydrogens (tertiary/aromatic N) is 2. The SMILES string of the molecule is CCN1CCC(CN)(N2CCOC(C)C2)CC1. The van der Waals surface area contributed by atoms with E-state index in [-0.39, 0.29) is 5.54 Å². The van der Waals surface area contributed by atoms with Crippen LogP contribution in [-0.4, -0.2) is 67.3 Å². The molecule has 1 unspecified atom stereocenters. The second-order valence-corrected chi connectivity index (χ2v) is 5.49. The van der Waals surface area contributed by atoms with Crippen LogP contribution in [0.4, 0.5) is 0 Å². The molecule has 0 radical (unpaired) electrons. The third kappa shape index (κ3) is 2.81. The second kappa shape index (κ2) is 5.65. The van der Waals surface area contributed by atoms with Crippen molar-refractivity contribution in [2.75, 3.05) is 45.9 Å². The maximum Gasteiger partial charge on any atom is 0.0674 e. The van der Waals surface area contributed by atoms with Gasteiger partial charge in [0.15, 0.2) is 0 Å². The largest absolute Gasteiger partial charge is 0.376 e. The fourth-order valence-electron chi connectivity index (χ4n) is 3.18. The minimum absolute atomic E-state index is 0.240. The highest BCUT2D eigenvalue weighted by Crippen LogP contribution is 2.29. The van der Waals surface area contributed by atoms with E-state index in [0.717, 1.165) is 26.2 Å². The molecular weight excluding hydrogens is 214 g/mol. The molecule has 17 heavy (non-hydrogen) atoms. The first-order chi connectivity index (χ1) is 8.20. The van der Waals surface area contributed by atoms with Gasteiger partial charge in [0.05, 0.1) is 12.7 Å². The Morgan fingerprint density at radius 1 is 1.29 bits per heavy atom. The summed E-state index contributed by atoms with van der Waals surface area (Å²) in [6, 6.07) is 0. The minimum Gasteiger partial charge on any atom is -0.376 e. The molecule has 2 N–H and O–H groups in total. The fourth-order valence-corrected chi connectivity index (χ4v) is 3.18. The molecule has 0 amide bonds. The molecule has 2 saturated heterocycles. The summed E-state index contributed by atoms with van der Waals surface area (Å²) in [7, 11) is 0. The molecular formula is C13H27N3O.